The summed E-state index contributed by atoms with van der Waals surface area (Å²) in [4.78, 5) is 15.9. The lowest BCUT2D eigenvalue weighted by Crippen LogP contribution is -2.41. The van der Waals surface area contributed by atoms with Crippen molar-refractivity contribution in [3.63, 3.8) is 0 Å². The van der Waals surface area contributed by atoms with Crippen molar-refractivity contribution in [3.8, 4) is 0 Å². The first kappa shape index (κ1) is 19.1. The monoisotopic (exact) mass is 369 g/mol. The van der Waals surface area contributed by atoms with Crippen LogP contribution in [0.5, 0.6) is 0 Å². The van der Waals surface area contributed by atoms with Gasteiger partial charge in [-0.2, -0.15) is 0 Å². The molecule has 1 aliphatic heterocycles. The van der Waals surface area contributed by atoms with Crippen molar-refractivity contribution in [1.82, 2.24) is 4.98 Å². The zero-order valence-electron chi connectivity index (χ0n) is 15.9. The second kappa shape index (κ2) is 7.18. The van der Waals surface area contributed by atoms with Crippen LogP contribution in [-0.2, 0) is 14.1 Å². The first-order chi connectivity index (χ1) is 12.2. The molecule has 1 saturated heterocycles. The van der Waals surface area contributed by atoms with Crippen molar-refractivity contribution in [3.05, 3.63) is 47.6 Å². The van der Waals surface area contributed by atoms with Gasteiger partial charge in [-0.25, -0.2) is 0 Å². The molecule has 136 valence electrons. The quantitative estimate of drug-likeness (QED) is 0.741. The molecule has 0 radical (unpaired) electrons. The number of aromatic nitrogens is 1. The number of hydrogen-bond acceptors (Lipinski definition) is 5. The Morgan fingerprint density at radius 2 is 1.88 bits per heavy atom. The Bertz CT molecular complexity index is 847. The standard InChI is InChI=1S/C20H24BNO3S/c1-14(23)26-13-17(21-24-19(2,3)20(4,5)25-21)11-15-8-9-16-7-6-10-22-18(16)12-15/h6-12H,13H2,1-5H3. The zero-order chi connectivity index (χ0) is 18.9. The van der Waals surface area contributed by atoms with Crippen molar-refractivity contribution in [2.24, 2.45) is 0 Å². The number of fused-ring (bicyclic) bond motifs is 1. The second-order valence-corrected chi connectivity index (χ2v) is 8.70. The molecule has 0 bridgehead atoms. The van der Waals surface area contributed by atoms with Crippen molar-refractivity contribution in [2.45, 2.75) is 45.8 Å². The largest absolute Gasteiger partial charge is 0.491 e. The van der Waals surface area contributed by atoms with Crippen LogP contribution in [0.3, 0.4) is 0 Å². The highest BCUT2D eigenvalue weighted by Gasteiger charge is 2.52. The molecule has 0 amide bonds. The Morgan fingerprint density at radius 3 is 2.54 bits per heavy atom. The van der Waals surface area contributed by atoms with Crippen LogP contribution in [0.4, 0.5) is 0 Å². The van der Waals surface area contributed by atoms with Gasteiger partial charge in [0.25, 0.3) is 0 Å². The summed E-state index contributed by atoms with van der Waals surface area (Å²) in [6, 6.07) is 10.1. The Morgan fingerprint density at radius 1 is 1.19 bits per heavy atom. The fourth-order valence-corrected chi connectivity index (χ4v) is 3.33. The number of rotatable bonds is 4. The lowest BCUT2D eigenvalue weighted by molar-refractivity contribution is -0.109. The minimum absolute atomic E-state index is 0.0765. The molecule has 2 aromatic rings. The predicted octanol–water partition coefficient (Wildman–Crippen LogP) is 4.53. The average Bonchev–Trinajstić information content (AvgIpc) is 2.79. The van der Waals surface area contributed by atoms with Crippen LogP contribution in [0.25, 0.3) is 17.0 Å². The lowest BCUT2D eigenvalue weighted by Gasteiger charge is -2.32. The molecule has 1 aromatic carbocycles. The minimum atomic E-state index is -0.466. The summed E-state index contributed by atoms with van der Waals surface area (Å²) in [5, 5.41) is 1.17. The molecule has 0 saturated carbocycles. The summed E-state index contributed by atoms with van der Waals surface area (Å²) < 4.78 is 12.4. The number of thioether (sulfide) groups is 1. The van der Waals surface area contributed by atoms with Gasteiger partial charge in [0.15, 0.2) is 5.12 Å². The van der Waals surface area contributed by atoms with Crippen molar-refractivity contribution in [1.29, 1.82) is 0 Å². The van der Waals surface area contributed by atoms with Gasteiger partial charge < -0.3 is 9.31 Å². The van der Waals surface area contributed by atoms with E-state index in [0.717, 1.165) is 21.9 Å². The van der Waals surface area contributed by atoms with E-state index in [2.05, 4.69) is 4.98 Å². The van der Waals surface area contributed by atoms with Crippen LogP contribution in [0.1, 0.15) is 40.2 Å². The van der Waals surface area contributed by atoms with E-state index in [1.54, 1.807) is 13.1 Å². The van der Waals surface area contributed by atoms with Crippen molar-refractivity contribution in [2.75, 3.05) is 5.75 Å². The Balaban J connectivity index is 1.94. The third-order valence-electron chi connectivity index (χ3n) is 4.98. The van der Waals surface area contributed by atoms with Gasteiger partial charge in [0.1, 0.15) is 0 Å². The molecule has 0 N–H and O–H groups in total. The SMILES string of the molecule is CC(=O)SCC(=Cc1ccc2cccnc2c1)B1OC(C)(C)C(C)(C)O1. The maximum absolute atomic E-state index is 11.5. The molecule has 0 aliphatic carbocycles. The maximum atomic E-state index is 11.5. The van der Waals surface area contributed by atoms with E-state index in [9.17, 15) is 4.79 Å². The first-order valence-corrected chi connectivity index (χ1v) is 9.71. The number of nitrogens with zero attached hydrogens (tertiary/aromatic N) is 1. The number of carbonyl (C=O) groups is 1. The van der Waals surface area contributed by atoms with Gasteiger partial charge in [0, 0.05) is 24.3 Å². The predicted molar refractivity (Wildman–Crippen MR) is 109 cm³/mol. The smallest absolute Gasteiger partial charge is 0.400 e. The van der Waals surface area contributed by atoms with E-state index in [0.29, 0.717) is 5.75 Å². The fraction of sp³-hybridized carbons (Fsp3) is 0.400. The van der Waals surface area contributed by atoms with Crippen LogP contribution in [0.2, 0.25) is 0 Å². The van der Waals surface area contributed by atoms with Crippen LogP contribution in [-0.4, -0.2) is 34.2 Å². The van der Waals surface area contributed by atoms with E-state index in [4.69, 9.17) is 9.31 Å². The number of hydrogen-bond donors (Lipinski definition) is 0. The highest BCUT2D eigenvalue weighted by Crippen LogP contribution is 2.39. The summed E-state index contributed by atoms with van der Waals surface area (Å²) in [6.45, 7) is 9.70. The molecule has 0 unspecified atom stereocenters. The van der Waals surface area contributed by atoms with Gasteiger partial charge >= 0.3 is 7.12 Å². The molecule has 3 rings (SSSR count). The molecule has 4 nitrogen and oxygen atoms in total. The number of benzene rings is 1. The lowest BCUT2D eigenvalue weighted by atomic mass is 9.78. The number of carbonyl (C=O) groups excluding carboxylic acids is 1. The molecule has 1 aliphatic rings. The fourth-order valence-electron chi connectivity index (χ4n) is 2.74. The topological polar surface area (TPSA) is 48.4 Å². The van der Waals surface area contributed by atoms with E-state index >= 15 is 0 Å². The molecular formula is C20H24BNO3S. The summed E-state index contributed by atoms with van der Waals surface area (Å²) in [5.74, 6) is 0.534. The van der Waals surface area contributed by atoms with Gasteiger partial charge in [-0.3, -0.25) is 9.78 Å². The zero-order valence-corrected chi connectivity index (χ0v) is 16.7. The van der Waals surface area contributed by atoms with Gasteiger partial charge in [-0.15, -0.1) is 0 Å². The highest BCUT2D eigenvalue weighted by atomic mass is 32.2. The third-order valence-corrected chi connectivity index (χ3v) is 5.86. The molecule has 0 atom stereocenters. The molecular weight excluding hydrogens is 345 g/mol. The Kier molecular flexibility index (Phi) is 5.29. The van der Waals surface area contributed by atoms with Crippen molar-refractivity contribution < 1.29 is 14.1 Å². The molecule has 2 heterocycles. The summed E-state index contributed by atoms with van der Waals surface area (Å²) >= 11 is 1.27. The van der Waals surface area contributed by atoms with Crippen LogP contribution in [0.15, 0.2) is 42.0 Å². The van der Waals surface area contributed by atoms with Crippen LogP contribution in [0, 0.1) is 0 Å². The molecule has 6 heteroatoms. The van der Waals surface area contributed by atoms with Crippen molar-refractivity contribution >= 4 is 41.0 Å². The summed E-state index contributed by atoms with van der Waals surface area (Å²) in [5.41, 5.74) is 2.07. The molecule has 0 spiro atoms. The second-order valence-electron chi connectivity index (χ2n) is 7.54. The summed E-state index contributed by atoms with van der Waals surface area (Å²) in [6.07, 6.45) is 3.84. The first-order valence-electron chi connectivity index (χ1n) is 8.72. The van der Waals surface area contributed by atoms with E-state index in [1.165, 1.54) is 11.8 Å². The van der Waals surface area contributed by atoms with Gasteiger partial charge in [0.2, 0.25) is 0 Å². The normalized spacial score (nSPS) is 19.1. The molecule has 26 heavy (non-hydrogen) atoms. The van der Waals surface area contributed by atoms with Crippen LogP contribution < -0.4 is 0 Å². The number of pyridine rings is 1. The van der Waals surface area contributed by atoms with E-state index < -0.39 is 18.3 Å². The minimum Gasteiger partial charge on any atom is -0.400 e. The van der Waals surface area contributed by atoms with Gasteiger partial charge in [0.05, 0.1) is 16.7 Å². The third kappa shape index (κ3) is 4.03. The maximum Gasteiger partial charge on any atom is 0.491 e. The molecule has 1 fully saturated rings. The average molecular weight is 369 g/mol. The van der Waals surface area contributed by atoms with E-state index in [1.807, 2.05) is 64.1 Å². The van der Waals surface area contributed by atoms with Gasteiger partial charge in [-0.05, 0) is 50.9 Å². The van der Waals surface area contributed by atoms with Crippen LogP contribution >= 0.6 is 11.8 Å². The highest BCUT2D eigenvalue weighted by molar-refractivity contribution is 8.13. The van der Waals surface area contributed by atoms with Gasteiger partial charge in [-0.1, -0.05) is 36.0 Å². The molecule has 1 aromatic heterocycles. The Hall–Kier alpha value is -1.63. The Labute approximate surface area is 159 Å². The summed E-state index contributed by atoms with van der Waals surface area (Å²) in [7, 11) is -0.466. The van der Waals surface area contributed by atoms with E-state index in [-0.39, 0.29) is 5.12 Å².